The van der Waals surface area contributed by atoms with Gasteiger partial charge in [0.1, 0.15) is 0 Å². The Bertz CT molecular complexity index is 1370. The number of carbonyl (C=O) groups excluding carboxylic acids is 1. The standard InChI is InChI=1S/C25H21N5O3/c26-23(31)22-19(24(32)33)9-7-15-6-8-17(13-20(15)22)30(25-27-10-3-11-28-25)18-12-16-4-1-2-5-21(16)29-14-18/h1-5,7,9-12,14,17H,6,8,13H2,(H2,26,31)(H,32,33). The number of carbonyl (C=O) groups is 2. The van der Waals surface area contributed by atoms with Crippen LogP contribution >= 0.6 is 0 Å². The molecule has 2 heterocycles. The number of hydrogen-bond donors (Lipinski definition) is 2. The lowest BCUT2D eigenvalue weighted by molar-refractivity contribution is 0.0691. The summed E-state index contributed by atoms with van der Waals surface area (Å²) in [4.78, 5) is 39.6. The van der Waals surface area contributed by atoms with Crippen molar-refractivity contribution in [2.45, 2.75) is 25.3 Å². The van der Waals surface area contributed by atoms with E-state index in [1.807, 2.05) is 35.2 Å². The number of fused-ring (bicyclic) bond motifs is 2. The van der Waals surface area contributed by atoms with Gasteiger partial charge in [-0.15, -0.1) is 0 Å². The minimum absolute atomic E-state index is 0.0724. The molecule has 1 aliphatic rings. The third kappa shape index (κ3) is 3.76. The van der Waals surface area contributed by atoms with Gasteiger partial charge in [0, 0.05) is 23.8 Å². The number of amides is 1. The van der Waals surface area contributed by atoms with Gasteiger partial charge in [-0.05, 0) is 54.7 Å². The van der Waals surface area contributed by atoms with Gasteiger partial charge in [-0.1, -0.05) is 24.3 Å². The molecule has 164 valence electrons. The normalized spacial score (nSPS) is 15.1. The highest BCUT2D eigenvalue weighted by Gasteiger charge is 2.32. The molecule has 8 nitrogen and oxygen atoms in total. The van der Waals surface area contributed by atoms with E-state index in [9.17, 15) is 14.7 Å². The topological polar surface area (TPSA) is 122 Å². The van der Waals surface area contributed by atoms with Gasteiger partial charge in [-0.2, -0.15) is 0 Å². The molecule has 1 aliphatic carbocycles. The van der Waals surface area contributed by atoms with Crippen LogP contribution in [0.4, 0.5) is 11.6 Å². The highest BCUT2D eigenvalue weighted by molar-refractivity contribution is 6.05. The van der Waals surface area contributed by atoms with Crippen LogP contribution in [0.25, 0.3) is 10.9 Å². The Labute approximate surface area is 189 Å². The number of carboxylic acids is 1. The molecule has 2 aromatic carbocycles. The molecule has 1 unspecified atom stereocenters. The van der Waals surface area contributed by atoms with E-state index in [0.717, 1.165) is 28.6 Å². The number of rotatable bonds is 5. The van der Waals surface area contributed by atoms with Crippen molar-refractivity contribution in [3.63, 3.8) is 0 Å². The summed E-state index contributed by atoms with van der Waals surface area (Å²) in [6.07, 6.45) is 7.01. The summed E-state index contributed by atoms with van der Waals surface area (Å²) in [7, 11) is 0. The Morgan fingerprint density at radius 1 is 1.03 bits per heavy atom. The van der Waals surface area contributed by atoms with Gasteiger partial charge < -0.3 is 15.7 Å². The molecule has 1 amide bonds. The van der Waals surface area contributed by atoms with E-state index < -0.39 is 11.9 Å². The zero-order valence-electron chi connectivity index (χ0n) is 17.7. The van der Waals surface area contributed by atoms with Crippen LogP contribution in [0.2, 0.25) is 0 Å². The molecule has 0 fully saturated rings. The van der Waals surface area contributed by atoms with Gasteiger partial charge in [0.05, 0.1) is 28.5 Å². The second kappa shape index (κ2) is 8.31. The van der Waals surface area contributed by atoms with Crippen LogP contribution in [0.1, 0.15) is 38.3 Å². The Hall–Kier alpha value is -4.33. The van der Waals surface area contributed by atoms with Crippen LogP contribution in [0, 0.1) is 0 Å². The fourth-order valence-corrected chi connectivity index (χ4v) is 4.59. The fourth-order valence-electron chi connectivity index (χ4n) is 4.59. The lowest BCUT2D eigenvalue weighted by atomic mass is 9.82. The van der Waals surface area contributed by atoms with Crippen molar-refractivity contribution in [3.05, 3.63) is 89.4 Å². The first-order valence-electron chi connectivity index (χ1n) is 10.6. The van der Waals surface area contributed by atoms with E-state index in [-0.39, 0.29) is 17.2 Å². The van der Waals surface area contributed by atoms with Crippen LogP contribution in [0.15, 0.2) is 67.1 Å². The van der Waals surface area contributed by atoms with E-state index in [4.69, 9.17) is 5.73 Å². The number of aromatic carboxylic acids is 1. The molecule has 8 heteroatoms. The molecule has 1 atom stereocenters. The smallest absolute Gasteiger partial charge is 0.336 e. The van der Waals surface area contributed by atoms with Crippen molar-refractivity contribution in [2.24, 2.45) is 5.73 Å². The number of carboxylic acid groups (broad SMARTS) is 1. The summed E-state index contributed by atoms with van der Waals surface area (Å²) in [6.45, 7) is 0. The molecule has 0 aliphatic heterocycles. The van der Waals surface area contributed by atoms with Crippen molar-refractivity contribution in [1.82, 2.24) is 15.0 Å². The Morgan fingerprint density at radius 3 is 2.58 bits per heavy atom. The predicted octanol–water partition coefficient (Wildman–Crippen LogP) is 3.52. The van der Waals surface area contributed by atoms with E-state index in [1.54, 1.807) is 30.7 Å². The number of primary amides is 1. The monoisotopic (exact) mass is 439 g/mol. The number of para-hydroxylation sites is 1. The zero-order valence-corrected chi connectivity index (χ0v) is 17.7. The van der Waals surface area contributed by atoms with E-state index >= 15 is 0 Å². The number of nitrogens with two attached hydrogens (primary N) is 1. The van der Waals surface area contributed by atoms with Crippen molar-refractivity contribution >= 4 is 34.4 Å². The summed E-state index contributed by atoms with van der Waals surface area (Å²) in [5.74, 6) is -1.39. The van der Waals surface area contributed by atoms with Gasteiger partial charge in [0.2, 0.25) is 11.9 Å². The maximum Gasteiger partial charge on any atom is 0.336 e. The summed E-state index contributed by atoms with van der Waals surface area (Å²) < 4.78 is 0. The maximum atomic E-state index is 12.3. The number of hydrogen-bond acceptors (Lipinski definition) is 6. The van der Waals surface area contributed by atoms with Gasteiger partial charge >= 0.3 is 5.97 Å². The first-order chi connectivity index (χ1) is 16.0. The van der Waals surface area contributed by atoms with Crippen molar-refractivity contribution < 1.29 is 14.7 Å². The quantitative estimate of drug-likeness (QED) is 0.488. The van der Waals surface area contributed by atoms with Crippen LogP contribution < -0.4 is 10.6 Å². The second-order valence-corrected chi connectivity index (χ2v) is 8.00. The van der Waals surface area contributed by atoms with Crippen molar-refractivity contribution in [2.75, 3.05) is 4.90 Å². The first kappa shape index (κ1) is 20.6. The highest BCUT2D eigenvalue weighted by Crippen LogP contribution is 2.35. The van der Waals surface area contributed by atoms with Gasteiger partial charge in [-0.3, -0.25) is 9.78 Å². The van der Waals surface area contributed by atoms with E-state index in [1.165, 1.54) is 6.07 Å². The maximum absolute atomic E-state index is 12.3. The SMILES string of the molecule is NC(=O)c1c(C(=O)O)ccc2c1CC(N(c1cnc3ccccc3c1)c1ncccn1)CC2. The molecule has 33 heavy (non-hydrogen) atoms. The van der Waals surface area contributed by atoms with Crippen LogP contribution in [0.5, 0.6) is 0 Å². The Kier molecular flexibility index (Phi) is 5.18. The lowest BCUT2D eigenvalue weighted by Gasteiger charge is -2.36. The molecule has 2 aromatic heterocycles. The molecule has 5 rings (SSSR count). The lowest BCUT2D eigenvalue weighted by Crippen LogP contribution is -2.38. The number of anilines is 2. The largest absolute Gasteiger partial charge is 0.478 e. The molecule has 0 saturated heterocycles. The van der Waals surface area contributed by atoms with Crippen LogP contribution in [-0.2, 0) is 12.8 Å². The zero-order chi connectivity index (χ0) is 22.9. The second-order valence-electron chi connectivity index (χ2n) is 8.00. The van der Waals surface area contributed by atoms with E-state index in [0.29, 0.717) is 24.4 Å². The molecule has 0 radical (unpaired) electrons. The van der Waals surface area contributed by atoms with Crippen molar-refractivity contribution in [3.8, 4) is 0 Å². The number of nitrogens with zero attached hydrogens (tertiary/aromatic N) is 4. The fraction of sp³-hybridized carbons (Fsp3) is 0.160. The highest BCUT2D eigenvalue weighted by atomic mass is 16.4. The Morgan fingerprint density at radius 2 is 1.82 bits per heavy atom. The summed E-state index contributed by atoms with van der Waals surface area (Å²) >= 11 is 0. The number of aryl methyl sites for hydroxylation is 1. The van der Waals surface area contributed by atoms with Gasteiger partial charge in [0.15, 0.2) is 0 Å². The van der Waals surface area contributed by atoms with Gasteiger partial charge in [0.25, 0.3) is 0 Å². The molecular formula is C25H21N5O3. The summed E-state index contributed by atoms with van der Waals surface area (Å²) in [6, 6.07) is 14.8. The third-order valence-corrected chi connectivity index (χ3v) is 6.06. The molecule has 0 spiro atoms. The van der Waals surface area contributed by atoms with E-state index in [2.05, 4.69) is 15.0 Å². The molecule has 0 saturated carbocycles. The molecular weight excluding hydrogens is 418 g/mol. The average molecular weight is 439 g/mol. The number of benzene rings is 2. The van der Waals surface area contributed by atoms with Crippen molar-refractivity contribution in [1.29, 1.82) is 0 Å². The third-order valence-electron chi connectivity index (χ3n) is 6.06. The number of pyridine rings is 1. The summed E-state index contributed by atoms with van der Waals surface area (Å²) in [5, 5.41) is 10.6. The van der Waals surface area contributed by atoms with Crippen LogP contribution in [0.3, 0.4) is 0 Å². The molecule has 0 bridgehead atoms. The molecule has 3 N–H and O–H groups in total. The average Bonchev–Trinajstić information content (AvgIpc) is 2.83. The first-order valence-corrected chi connectivity index (χ1v) is 10.6. The van der Waals surface area contributed by atoms with Gasteiger partial charge in [-0.25, -0.2) is 14.8 Å². The van der Waals surface area contributed by atoms with Crippen LogP contribution in [-0.4, -0.2) is 38.0 Å². The Balaban J connectivity index is 1.63. The summed E-state index contributed by atoms with van der Waals surface area (Å²) in [5.41, 5.74) is 8.96. The molecule has 4 aromatic rings. The number of aromatic nitrogens is 3. The minimum atomic E-state index is -1.17. The minimum Gasteiger partial charge on any atom is -0.478 e. The predicted molar refractivity (Wildman–Crippen MR) is 124 cm³/mol.